The van der Waals surface area contributed by atoms with Gasteiger partial charge in [-0.25, -0.2) is 0 Å². The summed E-state index contributed by atoms with van der Waals surface area (Å²) >= 11 is 6.54. The second kappa shape index (κ2) is 7.58. The highest BCUT2D eigenvalue weighted by Crippen LogP contribution is 2.49. The molecule has 0 saturated carbocycles. The number of hydrogen-bond acceptors (Lipinski definition) is 6. The van der Waals surface area contributed by atoms with Gasteiger partial charge in [0, 0.05) is 51.9 Å². The van der Waals surface area contributed by atoms with Crippen LogP contribution in [0.4, 0.5) is 0 Å². The molecule has 0 bridgehead atoms. The Morgan fingerprint density at radius 3 is 2.72 bits per heavy atom. The van der Waals surface area contributed by atoms with E-state index in [-0.39, 0.29) is 19.3 Å². The van der Waals surface area contributed by atoms with Crippen LogP contribution in [0.15, 0.2) is 28.9 Å². The number of rotatable bonds is 4. The Labute approximate surface area is 191 Å². The molecule has 2 aliphatic carbocycles. The first-order chi connectivity index (χ1) is 15.6. The van der Waals surface area contributed by atoms with Crippen LogP contribution in [-0.2, 0) is 32.1 Å². The maximum absolute atomic E-state index is 9.94. The molecule has 6 rings (SSSR count). The molecular formula is C25H25ClN2O4. The molecule has 3 aromatic rings. The predicted octanol–water partition coefficient (Wildman–Crippen LogP) is 4.01. The number of aliphatic hydroxyl groups excluding tert-OH is 2. The molecule has 3 heterocycles. The zero-order valence-corrected chi connectivity index (χ0v) is 18.5. The van der Waals surface area contributed by atoms with Crippen molar-refractivity contribution in [2.24, 2.45) is 5.41 Å². The normalized spacial score (nSPS) is 20.5. The summed E-state index contributed by atoms with van der Waals surface area (Å²) in [6.45, 7) is -0.162. The van der Waals surface area contributed by atoms with E-state index in [9.17, 15) is 10.2 Å². The monoisotopic (exact) mass is 452 g/mol. The van der Waals surface area contributed by atoms with Gasteiger partial charge < -0.3 is 19.5 Å². The molecular weight excluding hydrogens is 428 g/mol. The van der Waals surface area contributed by atoms with Crippen molar-refractivity contribution in [3.63, 3.8) is 0 Å². The molecule has 0 unspecified atom stereocenters. The first kappa shape index (κ1) is 20.2. The van der Waals surface area contributed by atoms with Gasteiger partial charge in [-0.3, -0.25) is 4.98 Å². The molecule has 2 aromatic heterocycles. The fourth-order valence-electron chi connectivity index (χ4n) is 5.54. The van der Waals surface area contributed by atoms with Gasteiger partial charge in [-0.05, 0) is 61.4 Å². The van der Waals surface area contributed by atoms with E-state index in [4.69, 9.17) is 20.9 Å². The Hall–Kier alpha value is -2.41. The summed E-state index contributed by atoms with van der Waals surface area (Å²) in [5.74, 6) is 1.66. The molecule has 0 saturated heterocycles. The highest BCUT2D eigenvalue weighted by Gasteiger charge is 2.40. The second-order valence-corrected chi connectivity index (χ2v) is 9.82. The zero-order valence-electron chi connectivity index (χ0n) is 17.7. The number of aliphatic hydroxyl groups is 2. The van der Waals surface area contributed by atoms with E-state index in [2.05, 4.69) is 10.1 Å². The van der Waals surface area contributed by atoms with Gasteiger partial charge in [0.25, 0.3) is 0 Å². The fraction of sp³-hybridized carbons (Fsp3) is 0.440. The van der Waals surface area contributed by atoms with Crippen molar-refractivity contribution in [1.82, 2.24) is 10.1 Å². The number of benzene rings is 1. The Morgan fingerprint density at radius 1 is 1.03 bits per heavy atom. The Kier molecular flexibility index (Phi) is 4.79. The Balaban J connectivity index is 1.41. The summed E-state index contributed by atoms with van der Waals surface area (Å²) in [4.78, 5) is 4.54. The third-order valence-corrected chi connectivity index (χ3v) is 7.50. The molecule has 0 fully saturated rings. The van der Waals surface area contributed by atoms with Crippen LogP contribution in [0.1, 0.15) is 52.8 Å². The number of nitrogens with zero attached hydrogens (tertiary/aromatic N) is 2. The highest BCUT2D eigenvalue weighted by atomic mass is 35.5. The van der Waals surface area contributed by atoms with Crippen LogP contribution in [0, 0.1) is 5.41 Å². The maximum Gasteiger partial charge on any atom is 0.181 e. The third-order valence-electron chi connectivity index (χ3n) is 7.28. The standard InChI is InChI=1S/C25H25ClN2O4/c26-15-7-14-8-22(24-17-3-1-2-4-20(17)28-32-24)31-23(14)18(9-15)16-5-6-27-21-11-25(12-29,13-30)10-19(16)21/h5-7,9,22,29-30H,1-4,8,10-13H2/t22-/m1/s1. The molecule has 1 aliphatic heterocycles. The minimum Gasteiger partial charge on any atom is -0.481 e. The quantitative estimate of drug-likeness (QED) is 0.621. The van der Waals surface area contributed by atoms with Crippen LogP contribution in [-0.4, -0.2) is 33.6 Å². The van der Waals surface area contributed by atoms with Crippen LogP contribution in [0.25, 0.3) is 11.1 Å². The van der Waals surface area contributed by atoms with Crippen molar-refractivity contribution in [3.8, 4) is 16.9 Å². The minimum atomic E-state index is -0.574. The van der Waals surface area contributed by atoms with Crippen molar-refractivity contribution in [2.45, 2.75) is 51.0 Å². The first-order valence-electron chi connectivity index (χ1n) is 11.3. The summed E-state index contributed by atoms with van der Waals surface area (Å²) in [5, 5.41) is 24.8. The van der Waals surface area contributed by atoms with Crippen molar-refractivity contribution in [3.05, 3.63) is 63.3 Å². The summed E-state index contributed by atoms with van der Waals surface area (Å²) in [6.07, 6.45) is 7.65. The summed E-state index contributed by atoms with van der Waals surface area (Å²) in [6, 6.07) is 5.88. The van der Waals surface area contributed by atoms with Gasteiger partial charge in [0.05, 0.1) is 18.9 Å². The maximum atomic E-state index is 9.94. The number of aromatic nitrogens is 2. The molecule has 1 atom stereocenters. The third kappa shape index (κ3) is 3.08. The molecule has 0 radical (unpaired) electrons. The number of hydrogen-bond donors (Lipinski definition) is 2. The van der Waals surface area contributed by atoms with Crippen molar-refractivity contribution >= 4 is 11.6 Å². The van der Waals surface area contributed by atoms with Gasteiger partial charge in [-0.15, -0.1) is 0 Å². The smallest absolute Gasteiger partial charge is 0.181 e. The van der Waals surface area contributed by atoms with E-state index in [1.165, 1.54) is 5.56 Å². The number of ether oxygens (including phenoxy) is 1. The molecule has 1 aromatic carbocycles. The van der Waals surface area contributed by atoms with Gasteiger partial charge in [0.15, 0.2) is 11.9 Å². The zero-order chi connectivity index (χ0) is 21.9. The fourth-order valence-corrected chi connectivity index (χ4v) is 5.78. The lowest BCUT2D eigenvalue weighted by Crippen LogP contribution is -2.30. The first-order valence-corrected chi connectivity index (χ1v) is 11.6. The number of halogens is 1. The van der Waals surface area contributed by atoms with Gasteiger partial charge >= 0.3 is 0 Å². The van der Waals surface area contributed by atoms with Crippen molar-refractivity contribution in [2.75, 3.05) is 13.2 Å². The molecule has 7 heteroatoms. The minimum absolute atomic E-state index is 0.0812. The van der Waals surface area contributed by atoms with Crippen LogP contribution < -0.4 is 4.74 Å². The second-order valence-electron chi connectivity index (χ2n) is 9.38. The van der Waals surface area contributed by atoms with Gasteiger partial charge in [0.1, 0.15) is 5.75 Å². The lowest BCUT2D eigenvalue weighted by atomic mass is 9.86. The van der Waals surface area contributed by atoms with Gasteiger partial charge in [-0.2, -0.15) is 0 Å². The molecule has 6 nitrogen and oxygen atoms in total. The van der Waals surface area contributed by atoms with Gasteiger partial charge in [-0.1, -0.05) is 16.8 Å². The largest absolute Gasteiger partial charge is 0.481 e. The molecule has 0 spiro atoms. The van der Waals surface area contributed by atoms with E-state index in [1.54, 1.807) is 6.20 Å². The topological polar surface area (TPSA) is 88.6 Å². The predicted molar refractivity (Wildman–Crippen MR) is 119 cm³/mol. The summed E-state index contributed by atoms with van der Waals surface area (Å²) in [7, 11) is 0. The Morgan fingerprint density at radius 2 is 1.88 bits per heavy atom. The SMILES string of the molecule is OCC1(CO)Cc2nccc(-c3cc(Cl)cc4c3O[C@@H](c3onc5c3CCCC5)C4)c2C1. The molecule has 166 valence electrons. The van der Waals surface area contributed by atoms with Crippen molar-refractivity contribution in [1.29, 1.82) is 0 Å². The average Bonchev–Trinajstić information content (AvgIpc) is 3.52. The number of aryl methyl sites for hydroxylation is 1. The highest BCUT2D eigenvalue weighted by molar-refractivity contribution is 6.31. The van der Waals surface area contributed by atoms with E-state index in [0.717, 1.165) is 70.8 Å². The molecule has 3 aliphatic rings. The Bertz CT molecular complexity index is 1200. The van der Waals surface area contributed by atoms with Crippen LogP contribution in [0.3, 0.4) is 0 Å². The summed E-state index contributed by atoms with van der Waals surface area (Å²) in [5.41, 5.74) is 6.64. The van der Waals surface area contributed by atoms with Crippen LogP contribution in [0.5, 0.6) is 5.75 Å². The van der Waals surface area contributed by atoms with E-state index >= 15 is 0 Å². The average molecular weight is 453 g/mol. The van der Waals surface area contributed by atoms with E-state index < -0.39 is 5.41 Å². The molecule has 2 N–H and O–H groups in total. The van der Waals surface area contributed by atoms with Crippen LogP contribution >= 0.6 is 11.6 Å². The lowest BCUT2D eigenvalue weighted by Gasteiger charge is -2.23. The number of fused-ring (bicyclic) bond motifs is 3. The molecule has 0 amide bonds. The van der Waals surface area contributed by atoms with E-state index in [1.807, 2.05) is 18.2 Å². The van der Waals surface area contributed by atoms with Crippen molar-refractivity contribution < 1.29 is 19.5 Å². The van der Waals surface area contributed by atoms with Gasteiger partial charge in [0.2, 0.25) is 0 Å². The summed E-state index contributed by atoms with van der Waals surface area (Å²) < 4.78 is 12.3. The molecule has 32 heavy (non-hydrogen) atoms. The van der Waals surface area contributed by atoms with Crippen LogP contribution in [0.2, 0.25) is 5.02 Å². The lowest BCUT2D eigenvalue weighted by molar-refractivity contribution is 0.0630. The van der Waals surface area contributed by atoms with E-state index in [0.29, 0.717) is 24.3 Å². The number of pyridine rings is 1.